The first-order valence-corrected chi connectivity index (χ1v) is 13.0. The van der Waals surface area contributed by atoms with Crippen molar-refractivity contribution in [2.45, 2.75) is 31.4 Å². The van der Waals surface area contributed by atoms with Crippen LogP contribution in [0.5, 0.6) is 5.88 Å². The Morgan fingerprint density at radius 2 is 1.88 bits per heavy atom. The highest BCUT2D eigenvalue weighted by molar-refractivity contribution is 5.94. The van der Waals surface area contributed by atoms with Crippen molar-refractivity contribution in [3.8, 4) is 11.7 Å². The van der Waals surface area contributed by atoms with Crippen LogP contribution in [0, 0.1) is 0 Å². The Kier molecular flexibility index (Phi) is 7.11. The number of morpholine rings is 1. The van der Waals surface area contributed by atoms with Crippen molar-refractivity contribution >= 4 is 28.7 Å². The van der Waals surface area contributed by atoms with E-state index in [1.165, 1.54) is 17.9 Å². The van der Waals surface area contributed by atoms with E-state index in [2.05, 4.69) is 25.6 Å². The average molecular weight is 551 g/mol. The fraction of sp³-hybridized carbons (Fsp3) is 0.370. The normalized spacial score (nSPS) is 18.9. The standard InChI is InChI=1S/C27H28F2N8O3/c1-39-23-7-6-16(15-30-23)26(38)32-18-12-17(13-18)31-21-14-22(35-27(34-21)36-8-10-40-11-9-36)37-20-5-3-2-4-19(20)33-25(37)24(28)29/h2-7,14-15,17-18,24H,8-13H2,1H3,(H,32,38)(H,31,34,35). The number of fused-ring (bicyclic) bond motifs is 1. The van der Waals surface area contributed by atoms with Crippen LogP contribution in [-0.4, -0.2) is 75.9 Å². The number of imidazole rings is 1. The van der Waals surface area contributed by atoms with Crippen LogP contribution in [-0.2, 0) is 4.74 Å². The van der Waals surface area contributed by atoms with E-state index in [0.717, 1.165) is 0 Å². The lowest BCUT2D eigenvalue weighted by Crippen LogP contribution is -2.49. The van der Waals surface area contributed by atoms with E-state index < -0.39 is 6.43 Å². The first-order chi connectivity index (χ1) is 19.5. The summed E-state index contributed by atoms with van der Waals surface area (Å²) in [5.41, 5.74) is 1.45. The summed E-state index contributed by atoms with van der Waals surface area (Å²) in [7, 11) is 1.52. The summed E-state index contributed by atoms with van der Waals surface area (Å²) in [6, 6.07) is 12.0. The first-order valence-electron chi connectivity index (χ1n) is 13.0. The van der Waals surface area contributed by atoms with Crippen molar-refractivity contribution in [1.82, 2.24) is 29.8 Å². The van der Waals surface area contributed by atoms with Gasteiger partial charge in [0.15, 0.2) is 5.82 Å². The van der Waals surface area contributed by atoms with Crippen LogP contribution >= 0.6 is 0 Å². The molecule has 0 radical (unpaired) electrons. The SMILES string of the molecule is COc1ccc(C(=O)NC2CC(Nc3cc(-n4c(C(F)F)nc5ccccc54)nc(N4CCOCC4)n3)C2)cn1. The number of pyridine rings is 1. The maximum Gasteiger partial charge on any atom is 0.296 e. The van der Waals surface area contributed by atoms with Gasteiger partial charge in [-0.2, -0.15) is 9.97 Å². The van der Waals surface area contributed by atoms with E-state index in [1.54, 1.807) is 42.5 Å². The molecule has 3 aromatic heterocycles. The first kappa shape index (κ1) is 25.9. The fourth-order valence-corrected chi connectivity index (χ4v) is 4.91. The number of halogens is 2. The molecule has 208 valence electrons. The maximum atomic E-state index is 14.1. The van der Waals surface area contributed by atoms with Crippen molar-refractivity contribution in [1.29, 1.82) is 0 Å². The highest BCUT2D eigenvalue weighted by atomic mass is 19.3. The third kappa shape index (κ3) is 5.24. The van der Waals surface area contributed by atoms with Crippen molar-refractivity contribution in [2.75, 3.05) is 43.6 Å². The molecule has 13 heteroatoms. The van der Waals surface area contributed by atoms with Crippen LogP contribution in [0.2, 0.25) is 0 Å². The van der Waals surface area contributed by atoms with Gasteiger partial charge in [-0.1, -0.05) is 12.1 Å². The highest BCUT2D eigenvalue weighted by Gasteiger charge is 2.31. The number of aromatic nitrogens is 5. The Morgan fingerprint density at radius 3 is 2.60 bits per heavy atom. The van der Waals surface area contributed by atoms with Crippen molar-refractivity contribution in [3.05, 3.63) is 60.0 Å². The van der Waals surface area contributed by atoms with Gasteiger partial charge < -0.3 is 25.0 Å². The molecule has 4 heterocycles. The second-order valence-electron chi connectivity index (χ2n) is 9.68. The minimum absolute atomic E-state index is 0.0184. The fourth-order valence-electron chi connectivity index (χ4n) is 4.91. The van der Waals surface area contributed by atoms with Crippen molar-refractivity contribution in [3.63, 3.8) is 0 Å². The number of methoxy groups -OCH3 is 1. The second kappa shape index (κ2) is 11.0. The molecule has 1 aromatic carbocycles. The lowest BCUT2D eigenvalue weighted by molar-refractivity contribution is 0.0912. The van der Waals surface area contributed by atoms with Gasteiger partial charge in [0.05, 0.1) is 36.9 Å². The molecule has 0 unspecified atom stereocenters. The number of alkyl halides is 2. The van der Waals surface area contributed by atoms with Crippen LogP contribution in [0.1, 0.15) is 35.4 Å². The van der Waals surface area contributed by atoms with Crippen LogP contribution in [0.4, 0.5) is 20.5 Å². The van der Waals surface area contributed by atoms with Crippen LogP contribution < -0.4 is 20.3 Å². The lowest BCUT2D eigenvalue weighted by atomic mass is 9.86. The number of hydrogen-bond acceptors (Lipinski definition) is 9. The molecular weight excluding hydrogens is 522 g/mol. The Labute approximate surface area is 228 Å². The third-order valence-electron chi connectivity index (χ3n) is 7.04. The number of rotatable bonds is 8. The van der Waals surface area contributed by atoms with E-state index in [1.807, 2.05) is 4.90 Å². The Morgan fingerprint density at radius 1 is 1.07 bits per heavy atom. The predicted octanol–water partition coefficient (Wildman–Crippen LogP) is 3.37. The number of anilines is 2. The van der Waals surface area contributed by atoms with Gasteiger partial charge in [-0.15, -0.1) is 0 Å². The Balaban J connectivity index is 1.22. The lowest BCUT2D eigenvalue weighted by Gasteiger charge is -2.37. The molecular formula is C27H28F2N8O3. The smallest absolute Gasteiger partial charge is 0.296 e. The van der Waals surface area contributed by atoms with E-state index in [9.17, 15) is 13.6 Å². The summed E-state index contributed by atoms with van der Waals surface area (Å²) in [6.07, 6.45) is 0.0453. The van der Waals surface area contributed by atoms with E-state index in [-0.39, 0.29) is 23.8 Å². The van der Waals surface area contributed by atoms with Gasteiger partial charge in [0.25, 0.3) is 12.3 Å². The summed E-state index contributed by atoms with van der Waals surface area (Å²) >= 11 is 0. The Bertz CT molecular complexity index is 1500. The average Bonchev–Trinajstić information content (AvgIpc) is 3.36. The monoisotopic (exact) mass is 550 g/mol. The minimum Gasteiger partial charge on any atom is -0.481 e. The van der Waals surface area contributed by atoms with Crippen LogP contribution in [0.25, 0.3) is 16.9 Å². The van der Waals surface area contributed by atoms with Gasteiger partial charge in [0.1, 0.15) is 11.6 Å². The summed E-state index contributed by atoms with van der Waals surface area (Å²) in [6.45, 7) is 2.24. The summed E-state index contributed by atoms with van der Waals surface area (Å²) < 4.78 is 40.0. The third-order valence-corrected chi connectivity index (χ3v) is 7.04. The van der Waals surface area contributed by atoms with Gasteiger partial charge in [0.2, 0.25) is 11.8 Å². The summed E-state index contributed by atoms with van der Waals surface area (Å²) in [4.78, 5) is 32.2. The van der Waals surface area contributed by atoms with Gasteiger partial charge in [-0.25, -0.2) is 18.7 Å². The quantitative estimate of drug-likeness (QED) is 0.340. The van der Waals surface area contributed by atoms with Gasteiger partial charge in [-0.3, -0.25) is 9.36 Å². The number of ether oxygens (including phenoxy) is 2. The molecule has 6 rings (SSSR count). The van der Waals surface area contributed by atoms with E-state index in [4.69, 9.17) is 14.5 Å². The molecule has 2 N–H and O–H groups in total. The molecule has 11 nitrogen and oxygen atoms in total. The molecule has 4 aromatic rings. The Hall–Kier alpha value is -4.39. The number of carbonyl (C=O) groups is 1. The zero-order chi connectivity index (χ0) is 27.6. The number of nitrogens with zero attached hydrogens (tertiary/aromatic N) is 6. The number of amides is 1. The molecule has 0 bridgehead atoms. The molecule has 1 aliphatic carbocycles. The zero-order valence-corrected chi connectivity index (χ0v) is 21.8. The van der Waals surface area contributed by atoms with E-state index in [0.29, 0.717) is 79.2 Å². The molecule has 1 aliphatic heterocycles. The second-order valence-corrected chi connectivity index (χ2v) is 9.68. The number of benzene rings is 1. The zero-order valence-electron chi connectivity index (χ0n) is 21.8. The predicted molar refractivity (Wildman–Crippen MR) is 143 cm³/mol. The molecule has 40 heavy (non-hydrogen) atoms. The molecule has 1 saturated heterocycles. The molecule has 2 aliphatic rings. The number of carbonyl (C=O) groups excluding carboxylic acids is 1. The van der Waals surface area contributed by atoms with Gasteiger partial charge in [0, 0.05) is 43.5 Å². The number of hydrogen-bond donors (Lipinski definition) is 2. The summed E-state index contributed by atoms with van der Waals surface area (Å²) in [5, 5.41) is 6.42. The molecule has 0 spiro atoms. The minimum atomic E-state index is -2.79. The van der Waals surface area contributed by atoms with Gasteiger partial charge in [-0.05, 0) is 31.0 Å². The van der Waals surface area contributed by atoms with Crippen molar-refractivity contribution in [2.24, 2.45) is 0 Å². The number of para-hydroxylation sites is 2. The summed E-state index contributed by atoms with van der Waals surface area (Å²) in [5.74, 6) is 1.10. The van der Waals surface area contributed by atoms with Crippen LogP contribution in [0.3, 0.4) is 0 Å². The molecule has 0 atom stereocenters. The molecule has 2 fully saturated rings. The number of nitrogens with one attached hydrogen (secondary N) is 2. The molecule has 1 saturated carbocycles. The van der Waals surface area contributed by atoms with Crippen molar-refractivity contribution < 1.29 is 23.0 Å². The topological polar surface area (TPSA) is 119 Å². The largest absolute Gasteiger partial charge is 0.481 e. The maximum absolute atomic E-state index is 14.1. The highest BCUT2D eigenvalue weighted by Crippen LogP contribution is 2.30. The molecule has 1 amide bonds. The van der Waals surface area contributed by atoms with E-state index >= 15 is 0 Å². The van der Waals surface area contributed by atoms with Crippen LogP contribution in [0.15, 0.2) is 48.7 Å². The van der Waals surface area contributed by atoms with Gasteiger partial charge >= 0.3 is 0 Å².